The number of nitrogen functional groups attached to an aromatic ring is 1. The minimum Gasteiger partial charge on any atom is -0.461 e. The van der Waals surface area contributed by atoms with Gasteiger partial charge in [0.05, 0.1) is 53.7 Å². The van der Waals surface area contributed by atoms with E-state index in [2.05, 4.69) is 16.5 Å². The molecule has 47 heavy (non-hydrogen) atoms. The van der Waals surface area contributed by atoms with Gasteiger partial charge in [0, 0.05) is 37.2 Å². The lowest BCUT2D eigenvalue weighted by atomic mass is 9.91. The van der Waals surface area contributed by atoms with Crippen LogP contribution in [0.2, 0.25) is 0 Å². The van der Waals surface area contributed by atoms with Crippen LogP contribution in [0, 0.1) is 24.1 Å². The average molecular weight is 662 g/mol. The van der Waals surface area contributed by atoms with Gasteiger partial charge >= 0.3 is 12.2 Å². The lowest BCUT2D eigenvalue weighted by Gasteiger charge is -2.42. The maximum absolute atomic E-state index is 15.4. The number of alkyl halides is 3. The number of benzene rings is 1. The van der Waals surface area contributed by atoms with E-state index < -0.39 is 52.7 Å². The van der Waals surface area contributed by atoms with Gasteiger partial charge in [-0.2, -0.15) is 28.4 Å². The molecule has 2 atom stereocenters. The normalized spacial score (nSPS) is 22.5. The fourth-order valence-electron chi connectivity index (χ4n) is 7.68. The molecule has 4 aliphatic rings. The third-order valence-corrected chi connectivity index (χ3v) is 9.87. The van der Waals surface area contributed by atoms with Crippen molar-refractivity contribution in [1.29, 1.82) is 5.26 Å². The molecule has 4 aliphatic heterocycles. The van der Waals surface area contributed by atoms with E-state index in [0.717, 1.165) is 44.8 Å². The number of hydrogen-bond donors (Lipinski definition) is 1. The highest BCUT2D eigenvalue weighted by Gasteiger charge is 2.46. The lowest BCUT2D eigenvalue weighted by molar-refractivity contribution is -0.140. The number of nitrogens with two attached hydrogens (primary N) is 1. The van der Waals surface area contributed by atoms with Crippen molar-refractivity contribution >= 4 is 17.4 Å². The SMILES string of the molecule is C=C(F)C(=O)N1CCN(c2nc(OCC34CCCN3CCC4)nc3c2CO[C@H](c2c(F)c(N)cc(C)c2C(F)(F)F)C3)C[C@@H]1CC#N. The number of carbonyl (C=O) groups is 1. The molecular weight excluding hydrogens is 625 g/mol. The zero-order chi connectivity index (χ0) is 33.7. The minimum absolute atomic E-state index is 0.0141. The third-order valence-electron chi connectivity index (χ3n) is 9.87. The second-order valence-corrected chi connectivity index (χ2v) is 12.7. The smallest absolute Gasteiger partial charge is 0.417 e. The number of anilines is 2. The highest BCUT2D eigenvalue weighted by atomic mass is 19.4. The summed E-state index contributed by atoms with van der Waals surface area (Å²) >= 11 is 0. The molecule has 15 heteroatoms. The van der Waals surface area contributed by atoms with Gasteiger partial charge in [0.1, 0.15) is 12.4 Å². The van der Waals surface area contributed by atoms with Gasteiger partial charge < -0.3 is 25.0 Å². The maximum atomic E-state index is 15.4. The summed E-state index contributed by atoms with van der Waals surface area (Å²) in [5, 5.41) is 9.46. The summed E-state index contributed by atoms with van der Waals surface area (Å²) in [6.45, 7) is 6.71. The number of hydrogen-bond acceptors (Lipinski definition) is 9. The molecule has 5 heterocycles. The first-order valence-corrected chi connectivity index (χ1v) is 15.6. The van der Waals surface area contributed by atoms with Gasteiger partial charge in [-0.15, -0.1) is 0 Å². The molecular formula is C32H36F5N7O3. The van der Waals surface area contributed by atoms with Crippen molar-refractivity contribution in [2.45, 2.75) is 75.9 Å². The van der Waals surface area contributed by atoms with Crippen LogP contribution < -0.4 is 15.4 Å². The highest BCUT2D eigenvalue weighted by molar-refractivity contribution is 5.91. The number of fused-ring (bicyclic) bond motifs is 2. The fraction of sp³-hybridized carbons (Fsp3) is 0.562. The van der Waals surface area contributed by atoms with Gasteiger partial charge in [-0.25, -0.2) is 8.78 Å². The van der Waals surface area contributed by atoms with Crippen LogP contribution in [-0.2, 0) is 28.7 Å². The van der Waals surface area contributed by atoms with Crippen LogP contribution in [0.5, 0.6) is 6.01 Å². The zero-order valence-electron chi connectivity index (χ0n) is 26.0. The maximum Gasteiger partial charge on any atom is 0.417 e. The number of carbonyl (C=O) groups excluding carboxylic acids is 1. The van der Waals surface area contributed by atoms with Gasteiger partial charge in [0.2, 0.25) is 0 Å². The second-order valence-electron chi connectivity index (χ2n) is 12.7. The average Bonchev–Trinajstić information content (AvgIpc) is 3.61. The van der Waals surface area contributed by atoms with E-state index in [1.54, 1.807) is 0 Å². The first-order chi connectivity index (χ1) is 22.3. The number of nitriles is 1. The van der Waals surface area contributed by atoms with Gasteiger partial charge in [0.15, 0.2) is 11.6 Å². The van der Waals surface area contributed by atoms with Crippen molar-refractivity contribution in [2.75, 3.05) is 50.0 Å². The number of piperazine rings is 1. The Balaban J connectivity index is 1.38. The molecule has 0 saturated carbocycles. The topological polar surface area (TPSA) is 121 Å². The third kappa shape index (κ3) is 6.09. The van der Waals surface area contributed by atoms with Crippen LogP contribution in [0.15, 0.2) is 18.5 Å². The Kier molecular flexibility index (Phi) is 8.77. The predicted molar refractivity (Wildman–Crippen MR) is 160 cm³/mol. The summed E-state index contributed by atoms with van der Waals surface area (Å²) in [6.07, 6.45) is -2.53. The van der Waals surface area contributed by atoms with Gasteiger partial charge in [-0.05, 0) is 57.3 Å². The number of ether oxygens (including phenoxy) is 2. The van der Waals surface area contributed by atoms with Crippen molar-refractivity contribution < 1.29 is 36.2 Å². The summed E-state index contributed by atoms with van der Waals surface area (Å²) in [6, 6.07) is 2.32. The quantitative estimate of drug-likeness (QED) is 0.254. The largest absolute Gasteiger partial charge is 0.461 e. The molecule has 0 bridgehead atoms. The van der Waals surface area contributed by atoms with Gasteiger partial charge in [-0.3, -0.25) is 9.69 Å². The number of rotatable bonds is 7. The highest BCUT2D eigenvalue weighted by Crippen LogP contribution is 2.45. The summed E-state index contributed by atoms with van der Waals surface area (Å²) in [5.41, 5.74) is 3.96. The lowest BCUT2D eigenvalue weighted by Crippen LogP contribution is -2.55. The number of aromatic nitrogens is 2. The molecule has 10 nitrogen and oxygen atoms in total. The van der Waals surface area contributed by atoms with E-state index in [1.165, 1.54) is 11.8 Å². The predicted octanol–water partition coefficient (Wildman–Crippen LogP) is 4.76. The van der Waals surface area contributed by atoms with Crippen molar-refractivity contribution in [3.8, 4) is 12.1 Å². The zero-order valence-corrected chi connectivity index (χ0v) is 26.0. The molecule has 3 fully saturated rings. The van der Waals surface area contributed by atoms with Gasteiger partial charge in [0.25, 0.3) is 5.91 Å². The Labute approximate surface area is 268 Å². The molecule has 1 aromatic heterocycles. The summed E-state index contributed by atoms with van der Waals surface area (Å²) in [4.78, 5) is 27.3. The van der Waals surface area contributed by atoms with Crippen molar-refractivity contribution in [3.63, 3.8) is 0 Å². The Bertz CT molecular complexity index is 1620. The standard InChI is InChI=1S/C32H36F5N7O3/c1-18-13-22(39)27(34)25(26(18)32(35,36)37)24-14-23-21(16-46-24)28(42-11-12-44(29(45)19(2)33)20(15-42)5-8-38)41-30(40-23)47-17-31-6-3-9-43(31)10-4-7-31/h13,20,24H,2-7,9-12,14-17,39H2,1H3/t20-,24-/m0/s1. The van der Waals surface area contributed by atoms with Crippen molar-refractivity contribution in [1.82, 2.24) is 19.8 Å². The van der Waals surface area contributed by atoms with E-state index in [4.69, 9.17) is 20.2 Å². The first kappa shape index (κ1) is 32.9. The molecule has 0 unspecified atom stereocenters. The van der Waals surface area contributed by atoms with E-state index >= 15 is 4.39 Å². The van der Waals surface area contributed by atoms with Crippen molar-refractivity contribution in [2.24, 2.45) is 0 Å². The molecule has 0 aliphatic carbocycles. The number of halogens is 5. The molecule has 0 radical (unpaired) electrons. The second kappa shape index (κ2) is 12.5. The molecule has 2 aromatic rings. The Morgan fingerprint density at radius 3 is 2.62 bits per heavy atom. The molecule has 1 aromatic carbocycles. The number of amides is 1. The van der Waals surface area contributed by atoms with E-state index in [9.17, 15) is 27.6 Å². The van der Waals surface area contributed by atoms with Crippen molar-refractivity contribution in [3.05, 3.63) is 52.2 Å². The number of nitrogens with zero attached hydrogens (tertiary/aromatic N) is 6. The summed E-state index contributed by atoms with van der Waals surface area (Å²) < 4.78 is 84.1. The summed E-state index contributed by atoms with van der Waals surface area (Å²) in [7, 11) is 0. The first-order valence-electron chi connectivity index (χ1n) is 15.6. The minimum atomic E-state index is -4.87. The van der Waals surface area contributed by atoms with E-state index in [1.807, 2.05) is 11.0 Å². The van der Waals surface area contributed by atoms with Crippen LogP contribution in [0.1, 0.15) is 66.2 Å². The Morgan fingerprint density at radius 2 is 1.96 bits per heavy atom. The molecule has 252 valence electrons. The number of aryl methyl sites for hydroxylation is 1. The van der Waals surface area contributed by atoms with E-state index in [0.29, 0.717) is 23.7 Å². The molecule has 1 amide bonds. The molecule has 0 spiro atoms. The molecule has 2 N–H and O–H groups in total. The Morgan fingerprint density at radius 1 is 1.23 bits per heavy atom. The molecule has 3 saturated heterocycles. The van der Waals surface area contributed by atoms with E-state index in [-0.39, 0.29) is 56.2 Å². The fourth-order valence-corrected chi connectivity index (χ4v) is 7.68. The van der Waals surface area contributed by atoms with Crippen LogP contribution >= 0.6 is 0 Å². The van der Waals surface area contributed by atoms with Crippen LogP contribution in [-0.4, -0.2) is 76.6 Å². The van der Waals surface area contributed by atoms with Crippen LogP contribution in [0.4, 0.5) is 33.5 Å². The molecule has 6 rings (SSSR count). The van der Waals surface area contributed by atoms with Crippen LogP contribution in [0.25, 0.3) is 0 Å². The monoisotopic (exact) mass is 661 g/mol. The Hall–Kier alpha value is -4.03. The summed E-state index contributed by atoms with van der Waals surface area (Å²) in [5.74, 6) is -2.87. The van der Waals surface area contributed by atoms with Crippen LogP contribution in [0.3, 0.4) is 0 Å². The van der Waals surface area contributed by atoms with Gasteiger partial charge in [-0.1, -0.05) is 6.58 Å².